The molecule has 0 aromatic carbocycles. The number of aliphatic hydroxyl groups excluding tert-OH is 5. The second-order valence-electron chi connectivity index (χ2n) is 21.8. The van der Waals surface area contributed by atoms with Crippen LogP contribution in [0.15, 0.2) is 48.6 Å². The lowest BCUT2D eigenvalue weighted by Gasteiger charge is -2.40. The molecule has 428 valence electrons. The molecule has 0 radical (unpaired) electrons. The van der Waals surface area contributed by atoms with Gasteiger partial charge in [0.15, 0.2) is 6.29 Å². The predicted octanol–water partition coefficient (Wildman–Crippen LogP) is 16.1. The fourth-order valence-electron chi connectivity index (χ4n) is 9.91. The number of carbonyl (C=O) groups is 1. The molecular weight excluding hydrogens is 911 g/mol. The average Bonchev–Trinajstić information content (AvgIpc) is 3.39. The quantitative estimate of drug-likeness (QED) is 0.0261. The summed E-state index contributed by atoms with van der Waals surface area (Å²) in [6.45, 7) is 3.78. The summed E-state index contributed by atoms with van der Waals surface area (Å²) in [4.78, 5) is 13.1. The number of rotatable bonds is 54. The van der Waals surface area contributed by atoms with Crippen molar-refractivity contribution in [3.63, 3.8) is 0 Å². The Hall–Kier alpha value is -1.85. The normalized spacial score (nSPS) is 19.4. The Morgan fingerprint density at radius 3 is 1.23 bits per heavy atom. The number of unbranched alkanes of at least 4 members (excludes halogenated alkanes) is 38. The lowest BCUT2D eigenvalue weighted by Crippen LogP contribution is -2.60. The second kappa shape index (κ2) is 53.5. The number of hydrogen-bond donors (Lipinski definition) is 6. The van der Waals surface area contributed by atoms with Crippen molar-refractivity contribution in [1.82, 2.24) is 5.32 Å². The Kier molecular flexibility index (Phi) is 50.7. The highest BCUT2D eigenvalue weighted by Crippen LogP contribution is 2.23. The molecule has 0 bridgehead atoms. The van der Waals surface area contributed by atoms with Crippen molar-refractivity contribution in [2.24, 2.45) is 0 Å². The van der Waals surface area contributed by atoms with Gasteiger partial charge in [0.2, 0.25) is 5.91 Å². The fraction of sp³-hybridized carbons (Fsp3) is 0.859. The van der Waals surface area contributed by atoms with E-state index in [-0.39, 0.29) is 12.5 Å². The van der Waals surface area contributed by atoms with E-state index in [1.807, 2.05) is 6.08 Å². The van der Waals surface area contributed by atoms with E-state index in [0.717, 1.165) is 44.9 Å². The minimum atomic E-state index is -1.57. The molecule has 6 N–H and O–H groups in total. The van der Waals surface area contributed by atoms with Crippen LogP contribution in [0.25, 0.3) is 0 Å². The molecule has 1 rings (SSSR count). The van der Waals surface area contributed by atoms with E-state index in [1.165, 1.54) is 231 Å². The van der Waals surface area contributed by atoms with Gasteiger partial charge in [-0.1, -0.05) is 274 Å². The zero-order chi connectivity index (χ0) is 52.9. The Labute approximate surface area is 450 Å². The summed E-state index contributed by atoms with van der Waals surface area (Å²) >= 11 is 0. The standard InChI is InChI=1S/C64H119NO8/c1-3-5-7-9-11-13-15-17-19-20-21-22-23-24-25-26-27-28-29-30-31-32-33-34-35-36-37-38-40-42-44-46-48-50-52-54-60(68)65-57(56-72-64-63(71)62(70)61(69)59(55-66)73-64)58(67)53-51-49-47-45-43-41-39-18-16-14-12-10-8-6-4-2/h23-24,26-27,43,45,51,53,57-59,61-64,66-67,69-71H,3-22,25,28-42,44,46-50,52,54-56H2,1-2H3,(H,65,68)/b24-23-,27-26-,45-43+,53-51+. The maximum atomic E-state index is 13.1. The Bertz CT molecular complexity index is 1290. The van der Waals surface area contributed by atoms with E-state index in [1.54, 1.807) is 6.08 Å². The van der Waals surface area contributed by atoms with Crippen molar-refractivity contribution >= 4 is 5.91 Å². The van der Waals surface area contributed by atoms with Crippen LogP contribution in [0.4, 0.5) is 0 Å². The minimum Gasteiger partial charge on any atom is -0.394 e. The first kappa shape index (κ1) is 69.2. The predicted molar refractivity (Wildman–Crippen MR) is 309 cm³/mol. The van der Waals surface area contributed by atoms with Gasteiger partial charge in [0, 0.05) is 6.42 Å². The SMILES string of the molecule is CCCCCCCCCCC/C=C/CC/C=C/C(O)C(COC1OC(CO)C(O)C(O)C1O)NC(=O)CCCCCCCCCCCCCCCCCCC/C=C\C/C=C\CCCCCCCCCCCCC. The molecule has 0 aromatic rings. The van der Waals surface area contributed by atoms with Gasteiger partial charge in [-0.2, -0.15) is 0 Å². The van der Waals surface area contributed by atoms with Gasteiger partial charge in [0.1, 0.15) is 24.4 Å². The molecular formula is C64H119NO8. The summed E-state index contributed by atoms with van der Waals surface area (Å²) < 4.78 is 11.3. The number of aliphatic hydroxyl groups is 5. The maximum absolute atomic E-state index is 13.1. The van der Waals surface area contributed by atoms with Crippen molar-refractivity contribution < 1.29 is 39.8 Å². The largest absolute Gasteiger partial charge is 0.394 e. The summed E-state index contributed by atoms with van der Waals surface area (Å²) in [6.07, 6.45) is 65.0. The number of hydrogen-bond acceptors (Lipinski definition) is 8. The third kappa shape index (κ3) is 42.9. The number of ether oxygens (including phenoxy) is 2. The van der Waals surface area contributed by atoms with E-state index in [9.17, 15) is 30.3 Å². The third-order valence-corrected chi connectivity index (χ3v) is 14.9. The van der Waals surface area contributed by atoms with Crippen molar-refractivity contribution in [3.8, 4) is 0 Å². The van der Waals surface area contributed by atoms with Crippen molar-refractivity contribution in [3.05, 3.63) is 48.6 Å². The summed E-state index contributed by atoms with van der Waals surface area (Å²) in [5.41, 5.74) is 0. The zero-order valence-electron chi connectivity index (χ0n) is 47.6. The Balaban J connectivity index is 2.11. The number of allylic oxidation sites excluding steroid dienone is 7. The molecule has 1 heterocycles. The van der Waals surface area contributed by atoms with Gasteiger partial charge in [0.25, 0.3) is 0 Å². The molecule has 0 aromatic heterocycles. The van der Waals surface area contributed by atoms with Crippen LogP contribution in [-0.2, 0) is 14.3 Å². The van der Waals surface area contributed by atoms with Crippen LogP contribution in [0.5, 0.6) is 0 Å². The molecule has 1 amide bonds. The van der Waals surface area contributed by atoms with Gasteiger partial charge in [-0.3, -0.25) is 4.79 Å². The fourth-order valence-corrected chi connectivity index (χ4v) is 9.91. The van der Waals surface area contributed by atoms with Crippen LogP contribution < -0.4 is 5.32 Å². The molecule has 7 atom stereocenters. The smallest absolute Gasteiger partial charge is 0.220 e. The molecule has 7 unspecified atom stereocenters. The van der Waals surface area contributed by atoms with E-state index < -0.39 is 49.5 Å². The Morgan fingerprint density at radius 1 is 0.466 bits per heavy atom. The highest BCUT2D eigenvalue weighted by Gasteiger charge is 2.44. The van der Waals surface area contributed by atoms with Crippen LogP contribution in [0.3, 0.4) is 0 Å². The van der Waals surface area contributed by atoms with Gasteiger partial charge >= 0.3 is 0 Å². The molecule has 9 heteroatoms. The molecule has 0 aliphatic carbocycles. The molecule has 1 aliphatic heterocycles. The van der Waals surface area contributed by atoms with Gasteiger partial charge in [-0.25, -0.2) is 0 Å². The topological polar surface area (TPSA) is 149 Å². The summed E-state index contributed by atoms with van der Waals surface area (Å²) in [6, 6.07) is -0.821. The van der Waals surface area contributed by atoms with Crippen LogP contribution >= 0.6 is 0 Å². The first-order valence-corrected chi connectivity index (χ1v) is 31.4. The van der Waals surface area contributed by atoms with E-state index in [4.69, 9.17) is 9.47 Å². The maximum Gasteiger partial charge on any atom is 0.220 e. The summed E-state index contributed by atoms with van der Waals surface area (Å²) in [7, 11) is 0. The highest BCUT2D eigenvalue weighted by atomic mass is 16.7. The highest BCUT2D eigenvalue weighted by molar-refractivity contribution is 5.76. The first-order valence-electron chi connectivity index (χ1n) is 31.4. The van der Waals surface area contributed by atoms with Crippen molar-refractivity contribution in [2.75, 3.05) is 13.2 Å². The van der Waals surface area contributed by atoms with E-state index in [2.05, 4.69) is 55.6 Å². The lowest BCUT2D eigenvalue weighted by molar-refractivity contribution is -0.302. The molecule has 0 spiro atoms. The zero-order valence-corrected chi connectivity index (χ0v) is 47.6. The first-order chi connectivity index (χ1) is 35.8. The van der Waals surface area contributed by atoms with Crippen LogP contribution in [-0.4, -0.2) is 87.5 Å². The van der Waals surface area contributed by atoms with Gasteiger partial charge in [0.05, 0.1) is 25.4 Å². The van der Waals surface area contributed by atoms with Gasteiger partial charge < -0.3 is 40.3 Å². The van der Waals surface area contributed by atoms with E-state index in [0.29, 0.717) is 6.42 Å². The monoisotopic (exact) mass is 1030 g/mol. The molecule has 1 fully saturated rings. The van der Waals surface area contributed by atoms with Crippen LogP contribution in [0, 0.1) is 0 Å². The van der Waals surface area contributed by atoms with Crippen LogP contribution in [0.2, 0.25) is 0 Å². The molecule has 1 aliphatic rings. The van der Waals surface area contributed by atoms with Crippen molar-refractivity contribution in [2.45, 2.75) is 339 Å². The number of amides is 1. The molecule has 0 saturated carbocycles. The molecule has 1 saturated heterocycles. The van der Waals surface area contributed by atoms with Gasteiger partial charge in [-0.05, 0) is 64.2 Å². The van der Waals surface area contributed by atoms with Crippen LogP contribution in [0.1, 0.15) is 296 Å². The lowest BCUT2D eigenvalue weighted by atomic mass is 9.99. The summed E-state index contributed by atoms with van der Waals surface area (Å²) in [5, 5.41) is 54.5. The average molecular weight is 1030 g/mol. The van der Waals surface area contributed by atoms with Crippen molar-refractivity contribution in [1.29, 1.82) is 0 Å². The third-order valence-electron chi connectivity index (χ3n) is 14.9. The molecule has 9 nitrogen and oxygen atoms in total. The van der Waals surface area contributed by atoms with E-state index >= 15 is 0 Å². The number of carbonyl (C=O) groups excluding carboxylic acids is 1. The minimum absolute atomic E-state index is 0.184. The second-order valence-corrected chi connectivity index (χ2v) is 21.8. The molecule has 73 heavy (non-hydrogen) atoms. The number of nitrogens with one attached hydrogen (secondary N) is 1. The van der Waals surface area contributed by atoms with Gasteiger partial charge in [-0.15, -0.1) is 0 Å². The Morgan fingerprint density at radius 2 is 0.822 bits per heavy atom. The summed E-state index contributed by atoms with van der Waals surface area (Å²) in [5.74, 6) is -0.184.